The summed E-state index contributed by atoms with van der Waals surface area (Å²) < 4.78 is 9.90. The molecule has 1 aromatic heterocycles. The SMILES string of the molecule is COC(=O)C(=O)[C@H]1[C@@H](c2ccco2)N1Cc1ccccc1. The van der Waals surface area contributed by atoms with Crippen LogP contribution in [-0.2, 0) is 20.9 Å². The van der Waals surface area contributed by atoms with Crippen molar-refractivity contribution in [2.45, 2.75) is 18.6 Å². The number of benzene rings is 1. The molecule has 0 saturated carbocycles. The van der Waals surface area contributed by atoms with Gasteiger partial charge in [-0.15, -0.1) is 0 Å². The number of hydrogen-bond donors (Lipinski definition) is 0. The molecule has 0 N–H and O–H groups in total. The molecule has 108 valence electrons. The number of Topliss-reactive ketones (excluding diaryl/α,β-unsaturated/α-hetero) is 1. The average Bonchev–Trinajstić information content (AvgIpc) is 2.97. The molecular formula is C16H15NO4. The Morgan fingerprint density at radius 2 is 1.95 bits per heavy atom. The third-order valence-electron chi connectivity index (χ3n) is 3.62. The van der Waals surface area contributed by atoms with Gasteiger partial charge in [0, 0.05) is 6.54 Å². The maximum atomic E-state index is 12.1. The fourth-order valence-corrected chi connectivity index (χ4v) is 2.56. The van der Waals surface area contributed by atoms with E-state index in [2.05, 4.69) is 4.74 Å². The Hall–Kier alpha value is -2.40. The highest BCUT2D eigenvalue weighted by atomic mass is 16.5. The van der Waals surface area contributed by atoms with Crippen molar-refractivity contribution in [1.82, 2.24) is 4.90 Å². The minimum atomic E-state index is -0.813. The van der Waals surface area contributed by atoms with Crippen molar-refractivity contribution in [3.8, 4) is 0 Å². The topological polar surface area (TPSA) is 59.5 Å². The Morgan fingerprint density at radius 3 is 2.57 bits per heavy atom. The molecular weight excluding hydrogens is 270 g/mol. The van der Waals surface area contributed by atoms with Gasteiger partial charge in [-0.1, -0.05) is 30.3 Å². The first-order valence-electron chi connectivity index (χ1n) is 6.67. The van der Waals surface area contributed by atoms with Gasteiger partial charge >= 0.3 is 5.97 Å². The van der Waals surface area contributed by atoms with Crippen molar-refractivity contribution in [3.05, 3.63) is 60.1 Å². The van der Waals surface area contributed by atoms with Gasteiger partial charge in [0.15, 0.2) is 0 Å². The fraction of sp³-hybridized carbons (Fsp3) is 0.250. The number of carbonyl (C=O) groups excluding carboxylic acids is 2. The van der Waals surface area contributed by atoms with E-state index in [0.717, 1.165) is 5.56 Å². The number of nitrogens with zero attached hydrogens (tertiary/aromatic N) is 1. The lowest BCUT2D eigenvalue weighted by molar-refractivity contribution is -0.151. The summed E-state index contributed by atoms with van der Waals surface area (Å²) in [7, 11) is 1.21. The molecule has 1 fully saturated rings. The average molecular weight is 285 g/mol. The number of hydrogen-bond acceptors (Lipinski definition) is 5. The second-order valence-corrected chi connectivity index (χ2v) is 4.92. The summed E-state index contributed by atoms with van der Waals surface area (Å²) in [6, 6.07) is 12.7. The lowest BCUT2D eigenvalue weighted by Crippen LogP contribution is -2.24. The van der Waals surface area contributed by atoms with Gasteiger partial charge in [0.05, 0.1) is 19.4 Å². The largest absolute Gasteiger partial charge is 0.468 e. The Kier molecular flexibility index (Phi) is 3.58. The Morgan fingerprint density at radius 1 is 1.19 bits per heavy atom. The van der Waals surface area contributed by atoms with Crippen LogP contribution in [0.1, 0.15) is 17.4 Å². The van der Waals surface area contributed by atoms with Gasteiger partial charge in [-0.25, -0.2) is 4.79 Å². The van der Waals surface area contributed by atoms with Crippen LogP contribution in [0.5, 0.6) is 0 Å². The maximum Gasteiger partial charge on any atom is 0.376 e. The molecule has 0 bridgehead atoms. The van der Waals surface area contributed by atoms with Crippen LogP contribution in [0.3, 0.4) is 0 Å². The first-order chi connectivity index (χ1) is 10.2. The zero-order chi connectivity index (χ0) is 14.8. The van der Waals surface area contributed by atoms with E-state index in [-0.39, 0.29) is 6.04 Å². The molecule has 0 aliphatic carbocycles. The van der Waals surface area contributed by atoms with Crippen molar-refractivity contribution in [1.29, 1.82) is 0 Å². The highest BCUT2D eigenvalue weighted by Gasteiger charge is 2.56. The molecule has 0 radical (unpaired) electrons. The standard InChI is InChI=1S/C16H15NO4/c1-20-16(19)15(18)14-13(12-8-5-9-21-12)17(14)10-11-6-3-2-4-7-11/h2-9,13-14H,10H2,1H3/t13-,14-,17?/m1/s1. The van der Waals surface area contributed by atoms with E-state index in [1.807, 2.05) is 41.3 Å². The third-order valence-corrected chi connectivity index (χ3v) is 3.62. The first-order valence-corrected chi connectivity index (χ1v) is 6.67. The van der Waals surface area contributed by atoms with Crippen molar-refractivity contribution in [3.63, 3.8) is 0 Å². The Balaban J connectivity index is 1.80. The van der Waals surface area contributed by atoms with Gasteiger partial charge < -0.3 is 9.15 Å². The minimum absolute atomic E-state index is 0.202. The molecule has 1 saturated heterocycles. The molecule has 21 heavy (non-hydrogen) atoms. The van der Waals surface area contributed by atoms with Crippen LogP contribution in [0.2, 0.25) is 0 Å². The van der Waals surface area contributed by atoms with Gasteiger partial charge in [-0.3, -0.25) is 9.69 Å². The van der Waals surface area contributed by atoms with Crippen LogP contribution in [0.25, 0.3) is 0 Å². The molecule has 3 atom stereocenters. The highest BCUT2D eigenvalue weighted by Crippen LogP contribution is 2.45. The van der Waals surface area contributed by atoms with E-state index in [9.17, 15) is 9.59 Å². The quantitative estimate of drug-likeness (QED) is 0.477. The normalized spacial score (nSPS) is 23.6. The summed E-state index contributed by atoms with van der Waals surface area (Å²) >= 11 is 0. The second kappa shape index (κ2) is 5.54. The van der Waals surface area contributed by atoms with E-state index in [1.165, 1.54) is 7.11 Å². The number of furan rings is 1. The Bertz CT molecular complexity index is 636. The van der Waals surface area contributed by atoms with E-state index in [4.69, 9.17) is 4.42 Å². The third kappa shape index (κ3) is 2.60. The molecule has 0 amide bonds. The van der Waals surface area contributed by atoms with E-state index >= 15 is 0 Å². The smallest absolute Gasteiger partial charge is 0.376 e. The number of ether oxygens (including phenoxy) is 1. The molecule has 5 heteroatoms. The monoisotopic (exact) mass is 285 g/mol. The van der Waals surface area contributed by atoms with Gasteiger partial charge in [0.2, 0.25) is 0 Å². The van der Waals surface area contributed by atoms with Crippen LogP contribution in [0.4, 0.5) is 0 Å². The van der Waals surface area contributed by atoms with E-state index in [0.29, 0.717) is 12.3 Å². The van der Waals surface area contributed by atoms with Crippen LogP contribution in [0.15, 0.2) is 53.1 Å². The van der Waals surface area contributed by atoms with Crippen LogP contribution in [-0.4, -0.2) is 29.8 Å². The molecule has 3 rings (SSSR count). The number of methoxy groups -OCH3 is 1. The predicted octanol–water partition coefficient (Wildman–Crippen LogP) is 1.95. The second-order valence-electron chi connectivity index (χ2n) is 4.92. The first kappa shape index (κ1) is 13.6. The molecule has 1 aliphatic heterocycles. The number of carbonyl (C=O) groups is 2. The summed E-state index contributed by atoms with van der Waals surface area (Å²) in [6.07, 6.45) is 1.56. The summed E-state index contributed by atoms with van der Waals surface area (Å²) in [5, 5.41) is 0. The fourth-order valence-electron chi connectivity index (χ4n) is 2.56. The molecule has 1 aliphatic rings. The molecule has 1 aromatic carbocycles. The van der Waals surface area contributed by atoms with Crippen molar-refractivity contribution >= 4 is 11.8 Å². The van der Waals surface area contributed by atoms with Gasteiger partial charge in [0.1, 0.15) is 11.8 Å². The number of esters is 1. The van der Waals surface area contributed by atoms with Crippen LogP contribution < -0.4 is 0 Å². The summed E-state index contributed by atoms with van der Waals surface area (Å²) in [5.74, 6) is -0.657. The zero-order valence-corrected chi connectivity index (χ0v) is 11.6. The number of rotatable bonds is 5. The van der Waals surface area contributed by atoms with E-state index < -0.39 is 17.8 Å². The zero-order valence-electron chi connectivity index (χ0n) is 11.6. The highest BCUT2D eigenvalue weighted by molar-refractivity contribution is 6.36. The van der Waals surface area contributed by atoms with Gasteiger partial charge in [0.25, 0.3) is 5.78 Å². The minimum Gasteiger partial charge on any atom is -0.468 e. The molecule has 2 aromatic rings. The summed E-state index contributed by atoms with van der Waals surface area (Å²) in [5.41, 5.74) is 1.08. The lowest BCUT2D eigenvalue weighted by atomic mass is 10.2. The molecule has 0 spiro atoms. The van der Waals surface area contributed by atoms with Crippen molar-refractivity contribution < 1.29 is 18.7 Å². The summed E-state index contributed by atoms with van der Waals surface area (Å²) in [6.45, 7) is 0.583. The molecule has 2 heterocycles. The predicted molar refractivity (Wildman–Crippen MR) is 74.2 cm³/mol. The van der Waals surface area contributed by atoms with Crippen LogP contribution in [0, 0.1) is 0 Å². The Labute approximate surface area is 122 Å². The lowest BCUT2D eigenvalue weighted by Gasteiger charge is -2.03. The van der Waals surface area contributed by atoms with E-state index in [1.54, 1.807) is 12.3 Å². The summed E-state index contributed by atoms with van der Waals surface area (Å²) in [4.78, 5) is 25.5. The van der Waals surface area contributed by atoms with Crippen molar-refractivity contribution in [2.75, 3.05) is 7.11 Å². The molecule has 5 nitrogen and oxygen atoms in total. The van der Waals surface area contributed by atoms with Crippen LogP contribution >= 0.6 is 0 Å². The molecule has 1 unspecified atom stereocenters. The van der Waals surface area contributed by atoms with Gasteiger partial charge in [-0.2, -0.15) is 0 Å². The van der Waals surface area contributed by atoms with Gasteiger partial charge in [-0.05, 0) is 17.7 Å². The van der Waals surface area contributed by atoms with Crippen molar-refractivity contribution in [2.24, 2.45) is 0 Å². The maximum absolute atomic E-state index is 12.1. The number of ketones is 1.